The van der Waals surface area contributed by atoms with E-state index in [1.807, 2.05) is 27.7 Å². The van der Waals surface area contributed by atoms with Crippen LogP contribution in [0.1, 0.15) is 27.7 Å². The van der Waals surface area contributed by atoms with Gasteiger partial charge in [-0.2, -0.15) is 0 Å². The molecule has 0 rings (SSSR count). The second-order valence-electron chi connectivity index (χ2n) is 4.94. The average Bonchev–Trinajstić information content (AvgIpc) is 2.13. The number of hydrogen-bond acceptors (Lipinski definition) is 4. The fourth-order valence-corrected chi connectivity index (χ4v) is 1.34. The Morgan fingerprint density at radius 1 is 1.35 bits per heavy atom. The summed E-state index contributed by atoms with van der Waals surface area (Å²) in [6.45, 7) is 9.21. The van der Waals surface area contributed by atoms with Crippen molar-refractivity contribution in [1.82, 2.24) is 10.6 Å². The van der Waals surface area contributed by atoms with Crippen LogP contribution >= 0.6 is 0 Å². The average molecular weight is 264 g/mol. The fraction of sp³-hybridized carbons (Fsp3) is 0.909. The summed E-state index contributed by atoms with van der Waals surface area (Å²) in [6, 6.07) is 0. The van der Waals surface area contributed by atoms with Gasteiger partial charge < -0.3 is 15.4 Å². The van der Waals surface area contributed by atoms with Crippen molar-refractivity contribution >= 4 is 16.9 Å². The van der Waals surface area contributed by atoms with E-state index in [-0.39, 0.29) is 5.25 Å². The molecule has 0 saturated carbocycles. The van der Waals surface area contributed by atoms with E-state index in [0.29, 0.717) is 19.6 Å². The number of ether oxygens (including phenoxy) is 1. The Hall–Kier alpha value is -0.620. The number of alkyl carbamates (subject to hydrolysis) is 1. The Kier molecular flexibility index (Phi) is 7.38. The first kappa shape index (κ1) is 16.4. The van der Waals surface area contributed by atoms with Gasteiger partial charge in [0.2, 0.25) is 0 Å². The van der Waals surface area contributed by atoms with Crippen LogP contribution in [0.25, 0.3) is 0 Å². The zero-order valence-electron chi connectivity index (χ0n) is 11.3. The summed E-state index contributed by atoms with van der Waals surface area (Å²) in [4.78, 5) is 11.3. The molecule has 0 fully saturated rings. The van der Waals surface area contributed by atoms with Crippen molar-refractivity contribution in [3.8, 4) is 0 Å². The molecule has 0 heterocycles. The molecule has 17 heavy (non-hydrogen) atoms. The summed E-state index contributed by atoms with van der Waals surface area (Å²) in [5.41, 5.74) is -0.467. The molecule has 0 aromatic rings. The second-order valence-corrected chi connectivity index (χ2v) is 6.74. The Labute approximate surface area is 106 Å². The first-order valence-corrected chi connectivity index (χ1v) is 7.34. The van der Waals surface area contributed by atoms with Crippen LogP contribution in [-0.4, -0.2) is 47.0 Å². The van der Waals surface area contributed by atoms with Gasteiger partial charge >= 0.3 is 6.09 Å². The van der Waals surface area contributed by atoms with Crippen molar-refractivity contribution in [1.29, 1.82) is 0 Å². The highest BCUT2D eigenvalue weighted by Crippen LogP contribution is 2.05. The number of hydrogen-bond donors (Lipinski definition) is 2. The molecule has 0 bridgehead atoms. The molecule has 102 valence electrons. The molecule has 0 aromatic heterocycles. The van der Waals surface area contributed by atoms with E-state index in [9.17, 15) is 9.00 Å². The first-order chi connectivity index (χ1) is 7.72. The maximum absolute atomic E-state index is 11.3. The molecule has 1 amide bonds. The van der Waals surface area contributed by atoms with Gasteiger partial charge in [0.1, 0.15) is 5.60 Å². The SMILES string of the molecule is CC(CNCCNC(=O)OC(C)(C)C)S(C)=O. The lowest BCUT2D eigenvalue weighted by molar-refractivity contribution is 0.0528. The third-order valence-corrected chi connectivity index (χ3v) is 3.27. The predicted molar refractivity (Wildman–Crippen MR) is 70.6 cm³/mol. The van der Waals surface area contributed by atoms with E-state index in [4.69, 9.17) is 4.74 Å². The lowest BCUT2D eigenvalue weighted by Gasteiger charge is -2.19. The van der Waals surface area contributed by atoms with Gasteiger partial charge in [-0.1, -0.05) is 0 Å². The van der Waals surface area contributed by atoms with E-state index >= 15 is 0 Å². The van der Waals surface area contributed by atoms with Gasteiger partial charge in [-0.3, -0.25) is 4.21 Å². The minimum absolute atomic E-state index is 0.122. The van der Waals surface area contributed by atoms with Crippen LogP contribution < -0.4 is 10.6 Å². The highest BCUT2D eigenvalue weighted by Gasteiger charge is 2.15. The van der Waals surface area contributed by atoms with E-state index in [1.165, 1.54) is 0 Å². The molecule has 0 radical (unpaired) electrons. The maximum Gasteiger partial charge on any atom is 0.407 e. The van der Waals surface area contributed by atoms with Crippen molar-refractivity contribution in [3.05, 3.63) is 0 Å². The molecule has 0 saturated heterocycles. The van der Waals surface area contributed by atoms with Crippen LogP contribution in [-0.2, 0) is 15.5 Å². The molecule has 5 nitrogen and oxygen atoms in total. The lowest BCUT2D eigenvalue weighted by atomic mass is 10.2. The summed E-state index contributed by atoms with van der Waals surface area (Å²) in [5.74, 6) is 0. The summed E-state index contributed by atoms with van der Waals surface area (Å²) in [5, 5.41) is 5.89. The van der Waals surface area contributed by atoms with E-state index in [2.05, 4.69) is 10.6 Å². The molecule has 0 aliphatic rings. The number of amides is 1. The highest BCUT2D eigenvalue weighted by molar-refractivity contribution is 7.84. The van der Waals surface area contributed by atoms with E-state index < -0.39 is 22.5 Å². The molecular weight excluding hydrogens is 240 g/mol. The quantitative estimate of drug-likeness (QED) is 0.699. The summed E-state index contributed by atoms with van der Waals surface area (Å²) in [7, 11) is -0.812. The molecule has 2 N–H and O–H groups in total. The van der Waals surface area contributed by atoms with Gasteiger partial charge in [-0.15, -0.1) is 0 Å². The summed E-state index contributed by atoms with van der Waals surface area (Å²) in [6.07, 6.45) is 1.28. The number of rotatable bonds is 6. The maximum atomic E-state index is 11.3. The van der Waals surface area contributed by atoms with E-state index in [1.54, 1.807) is 6.26 Å². The topological polar surface area (TPSA) is 67.4 Å². The van der Waals surface area contributed by atoms with Gasteiger partial charge in [0, 0.05) is 41.9 Å². The first-order valence-electron chi connectivity index (χ1n) is 5.72. The van der Waals surface area contributed by atoms with Gasteiger partial charge in [-0.05, 0) is 27.7 Å². The van der Waals surface area contributed by atoms with Gasteiger partial charge in [0.25, 0.3) is 0 Å². The predicted octanol–water partition coefficient (Wildman–Crippen LogP) is 0.868. The summed E-state index contributed by atoms with van der Waals surface area (Å²) >= 11 is 0. The molecule has 2 unspecified atom stereocenters. The lowest BCUT2D eigenvalue weighted by Crippen LogP contribution is -2.38. The third-order valence-electron chi connectivity index (χ3n) is 1.97. The van der Waals surface area contributed by atoms with Crippen molar-refractivity contribution in [3.63, 3.8) is 0 Å². The number of carbonyl (C=O) groups is 1. The zero-order chi connectivity index (χ0) is 13.5. The second kappa shape index (κ2) is 7.66. The molecule has 0 aliphatic carbocycles. The molecule has 0 aliphatic heterocycles. The Morgan fingerprint density at radius 2 is 1.94 bits per heavy atom. The summed E-state index contributed by atoms with van der Waals surface area (Å²) < 4.78 is 16.1. The Bertz CT molecular complexity index is 264. The minimum Gasteiger partial charge on any atom is -0.444 e. The fourth-order valence-electron chi connectivity index (χ4n) is 0.990. The largest absolute Gasteiger partial charge is 0.444 e. The van der Waals surface area contributed by atoms with Crippen molar-refractivity contribution in [2.45, 2.75) is 38.5 Å². The normalized spacial score (nSPS) is 15.1. The van der Waals surface area contributed by atoms with Crippen molar-refractivity contribution in [2.75, 3.05) is 25.9 Å². The third kappa shape index (κ3) is 10.3. The van der Waals surface area contributed by atoms with Crippen LogP contribution in [0, 0.1) is 0 Å². The van der Waals surface area contributed by atoms with Crippen LogP contribution in [0.2, 0.25) is 0 Å². The smallest absolute Gasteiger partial charge is 0.407 e. The Morgan fingerprint density at radius 3 is 2.41 bits per heavy atom. The Balaban J connectivity index is 3.52. The monoisotopic (exact) mass is 264 g/mol. The molecular formula is C11H24N2O3S. The standard InChI is InChI=1S/C11H24N2O3S/c1-9(17(5)15)8-12-6-7-13-10(14)16-11(2,3)4/h9,12H,6-8H2,1-5H3,(H,13,14). The van der Waals surface area contributed by atoms with Gasteiger partial charge in [0.15, 0.2) is 0 Å². The van der Waals surface area contributed by atoms with Gasteiger partial charge in [0.05, 0.1) is 0 Å². The number of nitrogens with one attached hydrogen (secondary N) is 2. The minimum atomic E-state index is -0.812. The molecule has 2 atom stereocenters. The number of carbonyl (C=O) groups excluding carboxylic acids is 1. The van der Waals surface area contributed by atoms with E-state index in [0.717, 1.165) is 0 Å². The van der Waals surface area contributed by atoms with Crippen molar-refractivity contribution < 1.29 is 13.7 Å². The van der Waals surface area contributed by atoms with Crippen LogP contribution in [0.3, 0.4) is 0 Å². The van der Waals surface area contributed by atoms with Crippen LogP contribution in [0.5, 0.6) is 0 Å². The van der Waals surface area contributed by atoms with Crippen molar-refractivity contribution in [2.24, 2.45) is 0 Å². The van der Waals surface area contributed by atoms with Gasteiger partial charge in [-0.25, -0.2) is 4.79 Å². The molecule has 0 aromatic carbocycles. The molecule has 6 heteroatoms. The zero-order valence-corrected chi connectivity index (χ0v) is 12.1. The van der Waals surface area contributed by atoms with Crippen LogP contribution in [0.4, 0.5) is 4.79 Å². The highest BCUT2D eigenvalue weighted by atomic mass is 32.2. The van der Waals surface area contributed by atoms with Crippen LogP contribution in [0.15, 0.2) is 0 Å². The molecule has 0 spiro atoms.